The van der Waals surface area contributed by atoms with E-state index in [1.165, 1.54) is 11.8 Å². The van der Waals surface area contributed by atoms with Crippen LogP contribution in [0.25, 0.3) is 11.5 Å². The average Bonchev–Trinajstić information content (AvgIpc) is 3.00. The van der Waals surface area contributed by atoms with Gasteiger partial charge in [0.05, 0.1) is 0 Å². The predicted molar refractivity (Wildman–Crippen MR) is 82.7 cm³/mol. The number of amides is 1. The molecule has 0 radical (unpaired) electrons. The minimum absolute atomic E-state index is 0.431. The molecule has 0 spiro atoms. The Labute approximate surface area is 124 Å². The van der Waals surface area contributed by atoms with E-state index in [9.17, 15) is 4.79 Å². The predicted octanol–water partition coefficient (Wildman–Crippen LogP) is 3.61. The molecule has 0 aliphatic carbocycles. The molecule has 1 amide bonds. The highest BCUT2D eigenvalue weighted by molar-refractivity contribution is 7.98. The molecule has 2 aromatic rings. The van der Waals surface area contributed by atoms with Crippen molar-refractivity contribution in [3.8, 4) is 11.5 Å². The quantitative estimate of drug-likeness (QED) is 0.875. The zero-order chi connectivity index (χ0) is 15.5. The number of aromatic nitrogens is 2. The van der Waals surface area contributed by atoms with Gasteiger partial charge in [-0.05, 0) is 30.5 Å². The number of thioether (sulfide) groups is 1. The molecule has 0 atom stereocenters. The second-order valence-electron chi connectivity index (χ2n) is 3.02. The van der Waals surface area contributed by atoms with Gasteiger partial charge in [0.25, 0.3) is 5.22 Å². The highest BCUT2D eigenvalue weighted by atomic mass is 32.2. The van der Waals surface area contributed by atoms with Gasteiger partial charge in [0.1, 0.15) is 0 Å². The molecule has 1 heterocycles. The van der Waals surface area contributed by atoms with E-state index in [1.54, 1.807) is 24.3 Å². The van der Waals surface area contributed by atoms with E-state index in [0.29, 0.717) is 16.7 Å². The molecule has 0 bridgehead atoms. The molecule has 110 valence electrons. The summed E-state index contributed by atoms with van der Waals surface area (Å²) in [7, 11) is 0. The third-order valence-corrected chi connectivity index (χ3v) is 2.51. The summed E-state index contributed by atoms with van der Waals surface area (Å²) in [6.45, 7) is 8.00. The summed E-state index contributed by atoms with van der Waals surface area (Å²) in [5.74, 6) is -0.0257. The van der Waals surface area contributed by atoms with Crippen LogP contribution in [0.15, 0.2) is 33.9 Å². The van der Waals surface area contributed by atoms with Gasteiger partial charge in [-0.1, -0.05) is 39.5 Å². The number of nitrogens with zero attached hydrogens (tertiary/aromatic N) is 2. The summed E-state index contributed by atoms with van der Waals surface area (Å²) in [5.41, 5.74) is 6.35. The molecule has 6 heteroatoms. The molecule has 20 heavy (non-hydrogen) atoms. The number of primary amides is 1. The molecule has 1 aromatic carbocycles. The zero-order valence-electron chi connectivity index (χ0n) is 12.5. The summed E-state index contributed by atoms with van der Waals surface area (Å²) in [6.07, 6.45) is 1.85. The van der Waals surface area contributed by atoms with Gasteiger partial charge in [0, 0.05) is 11.1 Å². The maximum absolute atomic E-state index is 10.9. The number of carbonyl (C=O) groups excluding carboxylic acids is 1. The lowest BCUT2D eigenvalue weighted by atomic mass is 10.1. The van der Waals surface area contributed by atoms with Crippen molar-refractivity contribution in [3.63, 3.8) is 0 Å². The lowest BCUT2D eigenvalue weighted by molar-refractivity contribution is 0.100. The van der Waals surface area contributed by atoms with Crippen molar-refractivity contribution < 1.29 is 9.21 Å². The summed E-state index contributed by atoms with van der Waals surface area (Å²) >= 11 is 1.38. The molecular formula is C14H21N3O2S. The Bertz CT molecular complexity index is 509. The minimum atomic E-state index is -0.457. The van der Waals surface area contributed by atoms with E-state index in [-0.39, 0.29) is 0 Å². The van der Waals surface area contributed by atoms with Crippen molar-refractivity contribution in [2.75, 3.05) is 6.26 Å². The van der Waals surface area contributed by atoms with Crippen molar-refractivity contribution in [2.45, 2.75) is 32.9 Å². The van der Waals surface area contributed by atoms with Crippen LogP contribution in [0, 0.1) is 0 Å². The fourth-order valence-electron chi connectivity index (χ4n) is 1.19. The fraction of sp³-hybridized carbons (Fsp3) is 0.357. The number of nitrogens with two attached hydrogens (primary N) is 1. The molecule has 0 unspecified atom stereocenters. The highest BCUT2D eigenvalue weighted by Gasteiger charge is 2.08. The monoisotopic (exact) mass is 295 g/mol. The van der Waals surface area contributed by atoms with Gasteiger partial charge in [-0.25, -0.2) is 0 Å². The third kappa shape index (κ3) is 5.05. The topological polar surface area (TPSA) is 82.0 Å². The van der Waals surface area contributed by atoms with Crippen LogP contribution in [0.5, 0.6) is 0 Å². The summed E-state index contributed by atoms with van der Waals surface area (Å²) in [6, 6.07) is 6.69. The molecule has 0 fully saturated rings. The standard InChI is InChI=1S/C10H9N3O2S.2C2H6/c1-16-10-13-12-9(15-10)7-4-2-6(3-5-7)8(11)14;2*1-2/h2-5H,1H3,(H2,11,14);2*1-2H3. The van der Waals surface area contributed by atoms with Gasteiger partial charge < -0.3 is 10.2 Å². The first kappa shape index (κ1) is 18.2. The number of carbonyl (C=O) groups is 1. The number of rotatable bonds is 3. The van der Waals surface area contributed by atoms with Crippen LogP contribution in [-0.2, 0) is 0 Å². The van der Waals surface area contributed by atoms with Crippen molar-refractivity contribution in [1.82, 2.24) is 10.2 Å². The number of benzene rings is 1. The molecule has 0 aliphatic rings. The average molecular weight is 295 g/mol. The first-order valence-corrected chi connectivity index (χ1v) is 7.71. The number of hydrogen-bond acceptors (Lipinski definition) is 5. The van der Waals surface area contributed by atoms with Gasteiger partial charge in [0.15, 0.2) is 0 Å². The van der Waals surface area contributed by atoms with Crippen LogP contribution in [-0.4, -0.2) is 22.4 Å². The lowest BCUT2D eigenvalue weighted by Gasteiger charge is -1.96. The number of hydrogen-bond donors (Lipinski definition) is 1. The minimum Gasteiger partial charge on any atom is -0.411 e. The SMILES string of the molecule is CC.CC.CSc1nnc(-c2ccc(C(N)=O)cc2)o1. The van der Waals surface area contributed by atoms with Crippen molar-refractivity contribution in [2.24, 2.45) is 5.73 Å². The van der Waals surface area contributed by atoms with E-state index in [1.807, 2.05) is 34.0 Å². The largest absolute Gasteiger partial charge is 0.411 e. The second kappa shape index (κ2) is 10.0. The van der Waals surface area contributed by atoms with E-state index >= 15 is 0 Å². The Kier molecular flexibility index (Phi) is 9.11. The second-order valence-corrected chi connectivity index (χ2v) is 3.78. The molecular weight excluding hydrogens is 274 g/mol. The van der Waals surface area contributed by atoms with Crippen LogP contribution in [0.2, 0.25) is 0 Å². The van der Waals surface area contributed by atoms with Gasteiger partial charge in [-0.2, -0.15) is 0 Å². The summed E-state index contributed by atoms with van der Waals surface area (Å²) < 4.78 is 5.34. The van der Waals surface area contributed by atoms with E-state index < -0.39 is 5.91 Å². The smallest absolute Gasteiger partial charge is 0.276 e. The van der Waals surface area contributed by atoms with Gasteiger partial charge in [0.2, 0.25) is 11.8 Å². The Morgan fingerprint density at radius 3 is 2.05 bits per heavy atom. The van der Waals surface area contributed by atoms with Crippen molar-refractivity contribution in [1.29, 1.82) is 0 Å². The Hall–Kier alpha value is -1.82. The highest BCUT2D eigenvalue weighted by Crippen LogP contribution is 2.21. The van der Waals surface area contributed by atoms with Crippen LogP contribution in [0.4, 0.5) is 0 Å². The van der Waals surface area contributed by atoms with Gasteiger partial charge in [-0.3, -0.25) is 4.79 Å². The molecule has 0 aliphatic heterocycles. The Morgan fingerprint density at radius 1 is 1.10 bits per heavy atom. The fourth-order valence-corrected chi connectivity index (χ4v) is 1.47. The van der Waals surface area contributed by atoms with E-state index in [0.717, 1.165) is 5.56 Å². The lowest BCUT2D eigenvalue weighted by Crippen LogP contribution is -2.10. The molecule has 5 nitrogen and oxygen atoms in total. The summed E-state index contributed by atoms with van der Waals surface area (Å²) in [5, 5.41) is 8.21. The molecule has 0 saturated carbocycles. The van der Waals surface area contributed by atoms with Crippen molar-refractivity contribution in [3.05, 3.63) is 29.8 Å². The normalized spacial score (nSPS) is 8.85. The van der Waals surface area contributed by atoms with E-state index in [2.05, 4.69) is 10.2 Å². The maximum Gasteiger partial charge on any atom is 0.276 e. The van der Waals surface area contributed by atoms with Gasteiger partial charge in [-0.15, -0.1) is 10.2 Å². The van der Waals surface area contributed by atoms with E-state index in [4.69, 9.17) is 10.2 Å². The molecule has 0 saturated heterocycles. The van der Waals surface area contributed by atoms with Gasteiger partial charge >= 0.3 is 0 Å². The van der Waals surface area contributed by atoms with Crippen LogP contribution in [0.3, 0.4) is 0 Å². The summed E-state index contributed by atoms with van der Waals surface area (Å²) in [4.78, 5) is 10.9. The van der Waals surface area contributed by atoms with Crippen LogP contribution in [0.1, 0.15) is 38.1 Å². The first-order chi connectivity index (χ1) is 9.70. The van der Waals surface area contributed by atoms with Crippen molar-refractivity contribution >= 4 is 17.7 Å². The Morgan fingerprint density at radius 2 is 1.65 bits per heavy atom. The molecule has 2 rings (SSSR count). The molecule has 2 N–H and O–H groups in total. The Balaban J connectivity index is 0.000000829. The first-order valence-electron chi connectivity index (χ1n) is 6.48. The molecule has 1 aromatic heterocycles. The maximum atomic E-state index is 10.9. The van der Waals surface area contributed by atoms with Crippen LogP contribution < -0.4 is 5.73 Å². The zero-order valence-corrected chi connectivity index (χ0v) is 13.3. The third-order valence-electron chi connectivity index (χ3n) is 2.00. The van der Waals surface area contributed by atoms with Crippen LogP contribution >= 0.6 is 11.8 Å².